The van der Waals surface area contributed by atoms with Crippen molar-refractivity contribution in [3.8, 4) is 0 Å². The first-order valence-corrected chi connectivity index (χ1v) is 16.3. The van der Waals surface area contributed by atoms with Crippen LogP contribution in [0.25, 0.3) is 11.0 Å². The maximum Gasteiger partial charge on any atom is 0.304 e. The zero-order chi connectivity index (χ0) is 26.3. The fourth-order valence-corrected chi connectivity index (χ4v) is 9.71. The van der Waals surface area contributed by atoms with Crippen LogP contribution in [0.2, 0.25) is 0 Å². The van der Waals surface area contributed by atoms with Gasteiger partial charge in [0.2, 0.25) is 0 Å². The molecule has 5 aliphatic rings. The summed E-state index contributed by atoms with van der Waals surface area (Å²) in [6, 6.07) is 11.7. The largest absolute Gasteiger partial charge is 0.481 e. The fourth-order valence-electron chi connectivity index (χ4n) is 9.71. The number of rotatable bonds is 6. The molecule has 212 valence electrons. The molecule has 1 aromatic heterocycles. The lowest BCUT2D eigenvalue weighted by molar-refractivity contribution is -0.137. The monoisotopic (exact) mass is 532 g/mol. The minimum Gasteiger partial charge on any atom is -0.481 e. The van der Waals surface area contributed by atoms with Crippen molar-refractivity contribution < 1.29 is 9.90 Å². The number of hydrogen-bond donors (Lipinski definition) is 1. The highest BCUT2D eigenvalue weighted by atomic mass is 16.4. The Hall–Kier alpha value is -1.92. The quantitative estimate of drug-likeness (QED) is 0.454. The van der Waals surface area contributed by atoms with Crippen molar-refractivity contribution in [3.63, 3.8) is 0 Å². The summed E-state index contributed by atoms with van der Waals surface area (Å²) in [5, 5.41) is 9.12. The van der Waals surface area contributed by atoms with Gasteiger partial charge in [0.05, 0.1) is 17.5 Å². The van der Waals surface area contributed by atoms with Crippen LogP contribution in [0, 0.1) is 11.8 Å². The second-order valence-electron chi connectivity index (χ2n) is 13.8. The molecular weight excluding hydrogens is 484 g/mol. The van der Waals surface area contributed by atoms with Crippen LogP contribution < -0.4 is 0 Å². The van der Waals surface area contributed by atoms with Crippen molar-refractivity contribution in [2.24, 2.45) is 11.8 Å². The smallest absolute Gasteiger partial charge is 0.304 e. The summed E-state index contributed by atoms with van der Waals surface area (Å²) in [5.41, 5.74) is 2.49. The Balaban J connectivity index is 1.12. The SMILES string of the molecule is O=C(O)CCN1CCC(c2nc3ccccc3n2C2CC3CCCC(C2)N3C2C[C@H]3CCCC[C@@H](C2)C3)CC1. The van der Waals surface area contributed by atoms with E-state index in [2.05, 4.69) is 38.6 Å². The van der Waals surface area contributed by atoms with Gasteiger partial charge in [0, 0.05) is 36.6 Å². The number of benzene rings is 1. The molecule has 6 nitrogen and oxygen atoms in total. The Morgan fingerprint density at radius 3 is 2.18 bits per heavy atom. The summed E-state index contributed by atoms with van der Waals surface area (Å²) in [6.45, 7) is 2.63. The zero-order valence-electron chi connectivity index (χ0n) is 23.7. The Morgan fingerprint density at radius 2 is 1.49 bits per heavy atom. The predicted molar refractivity (Wildman–Crippen MR) is 155 cm³/mol. The van der Waals surface area contributed by atoms with E-state index in [0.29, 0.717) is 18.5 Å². The predicted octanol–water partition coefficient (Wildman–Crippen LogP) is 6.61. The molecule has 0 amide bonds. The van der Waals surface area contributed by atoms with E-state index < -0.39 is 5.97 Å². The van der Waals surface area contributed by atoms with E-state index in [0.717, 1.165) is 61.4 Å². The third-order valence-corrected chi connectivity index (χ3v) is 11.4. The Kier molecular flexibility index (Phi) is 7.44. The maximum atomic E-state index is 11.1. The molecule has 3 aliphatic heterocycles. The number of carboxylic acids is 1. The van der Waals surface area contributed by atoms with Gasteiger partial charge in [-0.15, -0.1) is 0 Å². The molecule has 3 unspecified atom stereocenters. The van der Waals surface area contributed by atoms with Crippen molar-refractivity contribution in [2.75, 3.05) is 19.6 Å². The molecule has 1 N–H and O–H groups in total. The normalized spacial score (nSPS) is 34.7. The van der Waals surface area contributed by atoms with Gasteiger partial charge in [0.15, 0.2) is 0 Å². The fraction of sp³-hybridized carbons (Fsp3) is 0.758. The summed E-state index contributed by atoms with van der Waals surface area (Å²) in [7, 11) is 0. The van der Waals surface area contributed by atoms with Crippen LogP contribution in [0.5, 0.6) is 0 Å². The maximum absolute atomic E-state index is 11.1. The minimum atomic E-state index is -0.692. The molecule has 2 aliphatic carbocycles. The summed E-state index contributed by atoms with van der Waals surface area (Å²) in [4.78, 5) is 21.8. The topological polar surface area (TPSA) is 61.6 Å². The van der Waals surface area contributed by atoms with Crippen LogP contribution in [0.4, 0.5) is 0 Å². The number of likely N-dealkylation sites (tertiary alicyclic amines) is 1. The highest BCUT2D eigenvalue weighted by Gasteiger charge is 2.45. The summed E-state index contributed by atoms with van der Waals surface area (Å²) in [5.74, 6) is 3.07. The first kappa shape index (κ1) is 26.0. The van der Waals surface area contributed by atoms with Gasteiger partial charge in [-0.2, -0.15) is 0 Å². The molecule has 5 fully saturated rings. The van der Waals surface area contributed by atoms with Crippen LogP contribution in [0.15, 0.2) is 24.3 Å². The van der Waals surface area contributed by atoms with Crippen LogP contribution in [-0.4, -0.2) is 68.2 Å². The van der Waals surface area contributed by atoms with Gasteiger partial charge in [-0.25, -0.2) is 4.98 Å². The Morgan fingerprint density at radius 1 is 0.795 bits per heavy atom. The number of carboxylic acid groups (broad SMARTS) is 1. The molecule has 0 radical (unpaired) electrons. The van der Waals surface area contributed by atoms with Gasteiger partial charge in [0.1, 0.15) is 5.82 Å². The number of imidazole rings is 1. The first-order valence-electron chi connectivity index (χ1n) is 16.3. The second-order valence-corrected chi connectivity index (χ2v) is 13.8. The van der Waals surface area contributed by atoms with Gasteiger partial charge in [-0.05, 0) is 94.8 Å². The van der Waals surface area contributed by atoms with E-state index in [1.165, 1.54) is 88.4 Å². The molecule has 2 saturated carbocycles. The Labute approximate surface area is 234 Å². The van der Waals surface area contributed by atoms with Crippen molar-refractivity contribution in [1.82, 2.24) is 19.4 Å². The van der Waals surface area contributed by atoms with Gasteiger partial charge in [-0.3, -0.25) is 9.69 Å². The number of para-hydroxylation sites is 2. The minimum absolute atomic E-state index is 0.243. The number of carbonyl (C=O) groups is 1. The van der Waals surface area contributed by atoms with Crippen LogP contribution in [0.1, 0.15) is 114 Å². The summed E-state index contributed by atoms with van der Waals surface area (Å²) >= 11 is 0. The average Bonchev–Trinajstić information content (AvgIpc) is 3.24. The molecule has 3 saturated heterocycles. The number of aromatic nitrogens is 2. The lowest BCUT2D eigenvalue weighted by Crippen LogP contribution is -2.58. The number of aliphatic carboxylic acids is 1. The molecular formula is C33H48N4O2. The van der Waals surface area contributed by atoms with Crippen LogP contribution in [-0.2, 0) is 4.79 Å². The molecule has 7 rings (SSSR count). The standard InChI is InChI=1S/C33H48N4O2/c38-32(39)14-17-35-15-12-25(13-16-35)33-34-30-10-3-4-11-31(30)37(33)29-21-26-8-5-9-27(22-29)36(26)28-19-23-6-1-2-7-24(18-23)20-28/h3-4,10-11,23-29H,1-2,5-9,12-22H2,(H,38,39)/t23-,24+,26?,27?,28?,29?. The molecule has 6 heteroatoms. The average molecular weight is 533 g/mol. The summed E-state index contributed by atoms with van der Waals surface area (Å²) in [6.07, 6.45) is 19.5. The molecule has 2 aromatic rings. The van der Waals surface area contributed by atoms with Crippen LogP contribution in [0.3, 0.4) is 0 Å². The summed E-state index contributed by atoms with van der Waals surface area (Å²) < 4.78 is 2.70. The van der Waals surface area contributed by atoms with Gasteiger partial charge in [-0.1, -0.05) is 44.2 Å². The number of hydrogen-bond acceptors (Lipinski definition) is 4. The molecule has 0 spiro atoms. The van der Waals surface area contributed by atoms with E-state index in [4.69, 9.17) is 10.1 Å². The number of fused-ring (bicyclic) bond motifs is 5. The van der Waals surface area contributed by atoms with Gasteiger partial charge < -0.3 is 14.6 Å². The molecule has 5 atom stereocenters. The van der Waals surface area contributed by atoms with Gasteiger partial charge in [0.25, 0.3) is 0 Å². The lowest BCUT2D eigenvalue weighted by Gasteiger charge is -2.55. The van der Waals surface area contributed by atoms with E-state index in [-0.39, 0.29) is 6.42 Å². The Bertz CT molecular complexity index is 1130. The third kappa shape index (κ3) is 5.28. The van der Waals surface area contributed by atoms with Crippen molar-refractivity contribution in [2.45, 2.75) is 126 Å². The molecule has 4 heterocycles. The zero-order valence-corrected chi connectivity index (χ0v) is 23.7. The van der Waals surface area contributed by atoms with E-state index in [1.807, 2.05) is 0 Å². The van der Waals surface area contributed by atoms with Crippen molar-refractivity contribution in [3.05, 3.63) is 30.1 Å². The van der Waals surface area contributed by atoms with Crippen LogP contribution >= 0.6 is 0 Å². The highest BCUT2D eigenvalue weighted by Crippen LogP contribution is 2.48. The molecule has 1 aromatic carbocycles. The van der Waals surface area contributed by atoms with E-state index in [9.17, 15) is 4.79 Å². The molecule has 4 bridgehead atoms. The first-order chi connectivity index (χ1) is 19.1. The van der Waals surface area contributed by atoms with Gasteiger partial charge >= 0.3 is 5.97 Å². The highest BCUT2D eigenvalue weighted by molar-refractivity contribution is 5.76. The number of piperidine rings is 3. The lowest BCUT2D eigenvalue weighted by atomic mass is 9.73. The number of nitrogens with zero attached hydrogens (tertiary/aromatic N) is 4. The molecule has 39 heavy (non-hydrogen) atoms. The van der Waals surface area contributed by atoms with E-state index >= 15 is 0 Å². The van der Waals surface area contributed by atoms with Crippen molar-refractivity contribution >= 4 is 17.0 Å². The third-order valence-electron chi connectivity index (χ3n) is 11.4. The van der Waals surface area contributed by atoms with Crippen molar-refractivity contribution in [1.29, 1.82) is 0 Å². The van der Waals surface area contributed by atoms with E-state index in [1.54, 1.807) is 0 Å². The second kappa shape index (κ2) is 11.2.